The van der Waals surface area contributed by atoms with Gasteiger partial charge in [0.25, 0.3) is 5.91 Å². The largest absolute Gasteiger partial charge is 0.483 e. The third kappa shape index (κ3) is 7.91. The summed E-state index contributed by atoms with van der Waals surface area (Å²) < 4.78 is 5.65. The van der Waals surface area contributed by atoms with Gasteiger partial charge in [0.15, 0.2) is 6.61 Å². The molecule has 0 bridgehead atoms. The Morgan fingerprint density at radius 2 is 1.55 bits per heavy atom. The molecule has 38 heavy (non-hydrogen) atoms. The Morgan fingerprint density at radius 1 is 0.868 bits per heavy atom. The van der Waals surface area contributed by atoms with Gasteiger partial charge in [0.2, 0.25) is 0 Å². The van der Waals surface area contributed by atoms with Crippen molar-refractivity contribution < 1.29 is 19.1 Å². The first-order chi connectivity index (χ1) is 18.3. The zero-order valence-corrected chi connectivity index (χ0v) is 22.4. The number of amides is 3. The summed E-state index contributed by atoms with van der Waals surface area (Å²) in [5.74, 6) is -1.76. The van der Waals surface area contributed by atoms with Crippen molar-refractivity contribution >= 4 is 46.9 Å². The highest BCUT2D eigenvalue weighted by atomic mass is 35.5. The highest BCUT2D eigenvalue weighted by Crippen LogP contribution is 2.23. The Kier molecular flexibility index (Phi) is 10.4. The summed E-state index contributed by atoms with van der Waals surface area (Å²) in [6.07, 6.45) is 3.63. The van der Waals surface area contributed by atoms with Gasteiger partial charge in [0, 0.05) is 22.0 Å². The van der Waals surface area contributed by atoms with E-state index >= 15 is 0 Å². The van der Waals surface area contributed by atoms with Crippen LogP contribution in [0.25, 0.3) is 0 Å². The average molecular weight is 535 g/mol. The van der Waals surface area contributed by atoms with E-state index in [1.165, 1.54) is 11.8 Å². The third-order valence-corrected chi connectivity index (χ3v) is 6.02. The molecule has 3 rings (SSSR count). The van der Waals surface area contributed by atoms with Crippen LogP contribution in [0.4, 0.5) is 11.4 Å². The standard InChI is InChI=1S/C29H31ClN4O4/c1-4-19-10-13-24(14-11-19)32-26(35)18-38-25-15-12-23(30)16-22(25)17-31-34-29(37)28(36)33-27-20(5-2)8-7-9-21(27)6-3/h7-17H,4-6,18H2,1-3H3,(H,32,35)(H,33,36)(H,34,37)/b31-17-. The zero-order chi connectivity index (χ0) is 27.5. The smallest absolute Gasteiger partial charge is 0.329 e. The van der Waals surface area contributed by atoms with Crippen molar-refractivity contribution in [2.75, 3.05) is 17.2 Å². The van der Waals surface area contributed by atoms with Gasteiger partial charge in [-0.05, 0) is 66.3 Å². The molecule has 198 valence electrons. The average Bonchev–Trinajstić information content (AvgIpc) is 2.93. The Hall–Kier alpha value is -4.17. The minimum absolute atomic E-state index is 0.247. The fourth-order valence-corrected chi connectivity index (χ4v) is 3.88. The van der Waals surface area contributed by atoms with E-state index in [2.05, 4.69) is 28.1 Å². The minimum Gasteiger partial charge on any atom is -0.483 e. The molecule has 3 N–H and O–H groups in total. The van der Waals surface area contributed by atoms with Gasteiger partial charge >= 0.3 is 11.8 Å². The summed E-state index contributed by atoms with van der Waals surface area (Å²) in [5.41, 5.74) is 7.01. The number of benzene rings is 3. The highest BCUT2D eigenvalue weighted by Gasteiger charge is 2.16. The van der Waals surface area contributed by atoms with Crippen LogP contribution in [0.3, 0.4) is 0 Å². The Bertz CT molecular complexity index is 1300. The topological polar surface area (TPSA) is 109 Å². The van der Waals surface area contributed by atoms with E-state index in [1.54, 1.807) is 18.2 Å². The maximum absolute atomic E-state index is 12.5. The molecule has 0 radical (unpaired) electrons. The van der Waals surface area contributed by atoms with Gasteiger partial charge < -0.3 is 15.4 Å². The zero-order valence-electron chi connectivity index (χ0n) is 21.6. The van der Waals surface area contributed by atoms with E-state index in [0.717, 1.165) is 17.5 Å². The van der Waals surface area contributed by atoms with Gasteiger partial charge in [-0.1, -0.05) is 62.7 Å². The van der Waals surface area contributed by atoms with Crippen molar-refractivity contribution in [1.82, 2.24) is 5.43 Å². The second kappa shape index (κ2) is 13.9. The SMILES string of the molecule is CCc1ccc(NC(=O)COc2ccc(Cl)cc2/C=N\NC(=O)C(=O)Nc2c(CC)cccc2CC)cc1. The van der Waals surface area contributed by atoms with Crippen molar-refractivity contribution in [3.8, 4) is 5.75 Å². The molecule has 0 aromatic heterocycles. The van der Waals surface area contributed by atoms with E-state index in [1.807, 2.05) is 56.3 Å². The van der Waals surface area contributed by atoms with Crippen LogP contribution in [0.2, 0.25) is 5.02 Å². The Balaban J connectivity index is 1.60. The van der Waals surface area contributed by atoms with Gasteiger partial charge in [-0.15, -0.1) is 0 Å². The first-order valence-corrected chi connectivity index (χ1v) is 12.8. The molecule has 0 aliphatic rings. The number of rotatable bonds is 10. The second-order valence-electron chi connectivity index (χ2n) is 8.38. The minimum atomic E-state index is -0.924. The maximum Gasteiger partial charge on any atom is 0.329 e. The number of carbonyl (C=O) groups excluding carboxylic acids is 3. The van der Waals surface area contributed by atoms with Gasteiger partial charge in [0.05, 0.1) is 6.21 Å². The molecule has 0 heterocycles. The molecule has 0 fully saturated rings. The van der Waals surface area contributed by atoms with Crippen LogP contribution in [0.5, 0.6) is 5.75 Å². The number of hydrogen-bond donors (Lipinski definition) is 3. The molecule has 8 nitrogen and oxygen atoms in total. The third-order valence-electron chi connectivity index (χ3n) is 5.79. The number of nitrogens with zero attached hydrogens (tertiary/aromatic N) is 1. The van der Waals surface area contributed by atoms with Crippen LogP contribution in [0, 0.1) is 0 Å². The molecule has 0 unspecified atom stereocenters. The number of para-hydroxylation sites is 1. The Morgan fingerprint density at radius 3 is 2.18 bits per heavy atom. The van der Waals surface area contributed by atoms with Crippen LogP contribution in [-0.2, 0) is 33.6 Å². The number of aryl methyl sites for hydroxylation is 3. The molecule has 0 saturated carbocycles. The van der Waals surface area contributed by atoms with E-state index < -0.39 is 11.8 Å². The summed E-state index contributed by atoms with van der Waals surface area (Å²) in [6.45, 7) is 5.77. The van der Waals surface area contributed by atoms with Gasteiger partial charge in [0.1, 0.15) is 5.75 Å². The summed E-state index contributed by atoms with van der Waals surface area (Å²) in [7, 11) is 0. The van der Waals surface area contributed by atoms with Gasteiger partial charge in [-0.2, -0.15) is 5.10 Å². The predicted molar refractivity (Wildman–Crippen MR) is 151 cm³/mol. The lowest BCUT2D eigenvalue weighted by Gasteiger charge is -2.13. The molecule has 0 aliphatic heterocycles. The number of hydrazone groups is 1. The molecule has 0 atom stereocenters. The Labute approximate surface area is 227 Å². The second-order valence-corrected chi connectivity index (χ2v) is 8.82. The first kappa shape index (κ1) is 28.4. The van der Waals surface area contributed by atoms with Crippen molar-refractivity contribution in [1.29, 1.82) is 0 Å². The van der Waals surface area contributed by atoms with Gasteiger partial charge in [-0.25, -0.2) is 5.43 Å². The number of nitrogens with one attached hydrogen (secondary N) is 3. The van der Waals surface area contributed by atoms with Crippen molar-refractivity contribution in [2.24, 2.45) is 5.10 Å². The molecule has 0 saturated heterocycles. The normalized spacial score (nSPS) is 10.7. The quantitative estimate of drug-likeness (QED) is 0.190. The molecule has 3 aromatic carbocycles. The van der Waals surface area contributed by atoms with Crippen LogP contribution in [0.15, 0.2) is 65.8 Å². The number of anilines is 2. The van der Waals surface area contributed by atoms with Crippen molar-refractivity contribution in [3.63, 3.8) is 0 Å². The van der Waals surface area contributed by atoms with Crippen LogP contribution >= 0.6 is 11.6 Å². The van der Waals surface area contributed by atoms with Crippen molar-refractivity contribution in [2.45, 2.75) is 40.0 Å². The van der Waals surface area contributed by atoms with E-state index in [9.17, 15) is 14.4 Å². The van der Waals surface area contributed by atoms with Gasteiger partial charge in [-0.3, -0.25) is 14.4 Å². The molecule has 0 aliphatic carbocycles. The molecular formula is C29H31ClN4O4. The summed E-state index contributed by atoms with van der Waals surface area (Å²) in [4.78, 5) is 37.2. The fourth-order valence-electron chi connectivity index (χ4n) is 3.70. The van der Waals surface area contributed by atoms with Crippen molar-refractivity contribution in [3.05, 3.63) is 87.9 Å². The summed E-state index contributed by atoms with van der Waals surface area (Å²) >= 11 is 6.10. The summed E-state index contributed by atoms with van der Waals surface area (Å²) in [5, 5.41) is 9.76. The van der Waals surface area contributed by atoms with E-state index in [0.29, 0.717) is 40.6 Å². The number of halogens is 1. The summed E-state index contributed by atoms with van der Waals surface area (Å²) in [6, 6.07) is 18.1. The number of carbonyl (C=O) groups is 3. The lowest BCUT2D eigenvalue weighted by atomic mass is 10.0. The predicted octanol–water partition coefficient (Wildman–Crippen LogP) is 5.13. The maximum atomic E-state index is 12.5. The molecule has 0 spiro atoms. The highest BCUT2D eigenvalue weighted by molar-refractivity contribution is 6.39. The lowest BCUT2D eigenvalue weighted by Crippen LogP contribution is -2.33. The van der Waals surface area contributed by atoms with Crippen LogP contribution in [0.1, 0.15) is 43.0 Å². The van der Waals surface area contributed by atoms with E-state index in [4.69, 9.17) is 16.3 Å². The first-order valence-electron chi connectivity index (χ1n) is 12.4. The molecule has 3 aromatic rings. The molecule has 9 heteroatoms. The fraction of sp³-hybridized carbons (Fsp3) is 0.241. The van der Waals surface area contributed by atoms with E-state index in [-0.39, 0.29) is 12.5 Å². The lowest BCUT2D eigenvalue weighted by molar-refractivity contribution is -0.136. The van der Waals surface area contributed by atoms with Crippen LogP contribution < -0.4 is 20.8 Å². The monoisotopic (exact) mass is 534 g/mol. The molecular weight excluding hydrogens is 504 g/mol. The van der Waals surface area contributed by atoms with Crippen LogP contribution in [-0.4, -0.2) is 30.5 Å². The molecule has 3 amide bonds. The number of ether oxygens (including phenoxy) is 1. The number of hydrogen-bond acceptors (Lipinski definition) is 5.